The van der Waals surface area contributed by atoms with E-state index in [-0.39, 0.29) is 16.9 Å². The number of H-pyrrole nitrogens is 1. The number of nitrogens with zero attached hydrogens (tertiary/aromatic N) is 3. The smallest absolute Gasteiger partial charge is 0.280 e. The fourth-order valence-electron chi connectivity index (χ4n) is 3.07. The van der Waals surface area contributed by atoms with Gasteiger partial charge < -0.3 is 9.42 Å². The van der Waals surface area contributed by atoms with E-state index in [4.69, 9.17) is 9.51 Å². The molecule has 1 fully saturated rings. The summed E-state index contributed by atoms with van der Waals surface area (Å²) in [7, 11) is 0. The minimum absolute atomic E-state index is 0.0599. The average molecular weight is 326 g/mol. The Kier molecular flexibility index (Phi) is 4.18. The molecule has 0 atom stereocenters. The van der Waals surface area contributed by atoms with Crippen molar-refractivity contribution < 1.29 is 4.52 Å². The summed E-state index contributed by atoms with van der Waals surface area (Å²) in [6, 6.07) is 7.57. The zero-order valence-electron chi connectivity index (χ0n) is 14.3. The fraction of sp³-hybridized carbons (Fsp3) is 0.500. The van der Waals surface area contributed by atoms with Crippen LogP contribution in [-0.2, 0) is 5.41 Å². The minimum atomic E-state index is -0.196. The van der Waals surface area contributed by atoms with Gasteiger partial charge in [0.2, 0.25) is 0 Å². The summed E-state index contributed by atoms with van der Waals surface area (Å²) < 4.78 is 5.23. The summed E-state index contributed by atoms with van der Waals surface area (Å²) >= 11 is 0. The standard InChI is InChI=1S/C18H22N4O2/c1-18(2,3)15-5-4-13(11-19)17(20-15)22-8-6-12(7-9-22)14-10-16(23)21-24-14/h4-5,10,12H,6-9H2,1-3H3,(H,21,23). The number of pyridine rings is 1. The zero-order chi connectivity index (χ0) is 17.3. The van der Waals surface area contributed by atoms with Crippen LogP contribution in [0.1, 0.15) is 56.5 Å². The SMILES string of the molecule is CC(C)(C)c1ccc(C#N)c(N2CCC(c3cc(=O)[nH]o3)CC2)n1. The molecule has 0 bridgehead atoms. The van der Waals surface area contributed by atoms with E-state index in [0.29, 0.717) is 5.56 Å². The van der Waals surface area contributed by atoms with Gasteiger partial charge in [0.15, 0.2) is 0 Å². The summed E-state index contributed by atoms with van der Waals surface area (Å²) in [5.41, 5.74) is 1.33. The number of nitrogens with one attached hydrogen (secondary N) is 1. The van der Waals surface area contributed by atoms with E-state index in [1.54, 1.807) is 0 Å². The lowest BCUT2D eigenvalue weighted by atomic mass is 9.91. The molecule has 24 heavy (non-hydrogen) atoms. The van der Waals surface area contributed by atoms with Gasteiger partial charge in [0.25, 0.3) is 5.56 Å². The number of hydrogen-bond acceptors (Lipinski definition) is 5. The molecular formula is C18H22N4O2. The fourth-order valence-corrected chi connectivity index (χ4v) is 3.07. The molecule has 1 N–H and O–H groups in total. The number of aromatic nitrogens is 2. The summed E-state index contributed by atoms with van der Waals surface area (Å²) in [5, 5.41) is 11.8. The Morgan fingerprint density at radius 1 is 1.33 bits per heavy atom. The number of piperidine rings is 1. The Bertz CT molecular complexity index is 815. The third-order valence-electron chi connectivity index (χ3n) is 4.50. The molecule has 2 aromatic rings. The first kappa shape index (κ1) is 16.3. The highest BCUT2D eigenvalue weighted by Gasteiger charge is 2.26. The highest BCUT2D eigenvalue weighted by molar-refractivity contribution is 5.55. The highest BCUT2D eigenvalue weighted by Crippen LogP contribution is 2.31. The van der Waals surface area contributed by atoms with Gasteiger partial charge in [-0.3, -0.25) is 4.79 Å². The quantitative estimate of drug-likeness (QED) is 0.917. The second-order valence-electron chi connectivity index (χ2n) is 7.31. The van der Waals surface area contributed by atoms with Gasteiger partial charge in [0.1, 0.15) is 17.6 Å². The topological polar surface area (TPSA) is 85.9 Å². The van der Waals surface area contributed by atoms with Crippen LogP contribution in [0.5, 0.6) is 0 Å². The molecule has 0 radical (unpaired) electrons. The van der Waals surface area contributed by atoms with E-state index < -0.39 is 0 Å². The van der Waals surface area contributed by atoms with Crippen molar-refractivity contribution in [1.82, 2.24) is 10.1 Å². The summed E-state index contributed by atoms with van der Waals surface area (Å²) in [4.78, 5) is 18.2. The minimum Gasteiger partial charge on any atom is -0.383 e. The van der Waals surface area contributed by atoms with Crippen LogP contribution < -0.4 is 10.5 Å². The monoisotopic (exact) mass is 326 g/mol. The van der Waals surface area contributed by atoms with E-state index >= 15 is 0 Å². The first-order chi connectivity index (χ1) is 11.4. The van der Waals surface area contributed by atoms with Crippen LogP contribution in [0.3, 0.4) is 0 Å². The zero-order valence-corrected chi connectivity index (χ0v) is 14.3. The Balaban J connectivity index is 1.81. The Morgan fingerprint density at radius 3 is 2.58 bits per heavy atom. The Hall–Kier alpha value is -2.55. The maximum absolute atomic E-state index is 11.2. The molecule has 3 heterocycles. The third-order valence-corrected chi connectivity index (χ3v) is 4.50. The van der Waals surface area contributed by atoms with Crippen molar-refractivity contribution in [3.8, 4) is 6.07 Å². The molecule has 0 aromatic carbocycles. The van der Waals surface area contributed by atoms with Crippen molar-refractivity contribution >= 4 is 5.82 Å². The van der Waals surface area contributed by atoms with Crippen LogP contribution in [-0.4, -0.2) is 23.2 Å². The van der Waals surface area contributed by atoms with E-state index in [2.05, 4.69) is 36.9 Å². The Morgan fingerprint density at radius 2 is 2.04 bits per heavy atom. The van der Waals surface area contributed by atoms with Gasteiger partial charge in [-0.25, -0.2) is 4.98 Å². The number of aromatic amines is 1. The first-order valence-corrected chi connectivity index (χ1v) is 8.23. The molecule has 6 nitrogen and oxygen atoms in total. The molecule has 1 saturated heterocycles. The highest BCUT2D eigenvalue weighted by atomic mass is 16.5. The lowest BCUT2D eigenvalue weighted by molar-refractivity contribution is 0.333. The predicted octanol–water partition coefficient (Wildman–Crippen LogP) is 2.92. The lowest BCUT2D eigenvalue weighted by Gasteiger charge is -2.33. The molecule has 3 rings (SSSR count). The van der Waals surface area contributed by atoms with Crippen LogP contribution in [0, 0.1) is 11.3 Å². The van der Waals surface area contributed by atoms with Crippen molar-refractivity contribution in [2.75, 3.05) is 18.0 Å². The molecule has 2 aromatic heterocycles. The molecule has 0 saturated carbocycles. The largest absolute Gasteiger partial charge is 0.383 e. The van der Waals surface area contributed by atoms with Gasteiger partial charge >= 0.3 is 0 Å². The summed E-state index contributed by atoms with van der Waals surface area (Å²) in [5.74, 6) is 1.71. The van der Waals surface area contributed by atoms with E-state index in [1.165, 1.54) is 6.07 Å². The van der Waals surface area contributed by atoms with Crippen molar-refractivity contribution in [2.45, 2.75) is 44.9 Å². The maximum atomic E-state index is 11.2. The maximum Gasteiger partial charge on any atom is 0.280 e. The van der Waals surface area contributed by atoms with Gasteiger partial charge in [0, 0.05) is 36.2 Å². The molecule has 1 aliphatic heterocycles. The van der Waals surface area contributed by atoms with Crippen LogP contribution in [0.25, 0.3) is 0 Å². The second-order valence-corrected chi connectivity index (χ2v) is 7.31. The van der Waals surface area contributed by atoms with E-state index in [0.717, 1.165) is 43.2 Å². The van der Waals surface area contributed by atoms with Gasteiger partial charge in [-0.05, 0) is 25.0 Å². The van der Waals surface area contributed by atoms with E-state index in [1.807, 2.05) is 12.1 Å². The number of rotatable bonds is 2. The van der Waals surface area contributed by atoms with Crippen LogP contribution in [0.15, 0.2) is 27.5 Å². The normalized spacial score (nSPS) is 16.2. The number of anilines is 1. The molecule has 0 aliphatic carbocycles. The summed E-state index contributed by atoms with van der Waals surface area (Å²) in [6.45, 7) is 7.92. The number of hydrogen-bond donors (Lipinski definition) is 1. The van der Waals surface area contributed by atoms with Crippen LogP contribution in [0.4, 0.5) is 5.82 Å². The number of nitriles is 1. The van der Waals surface area contributed by atoms with Gasteiger partial charge in [0.05, 0.1) is 5.56 Å². The average Bonchev–Trinajstić information content (AvgIpc) is 3.00. The predicted molar refractivity (Wildman–Crippen MR) is 91.2 cm³/mol. The van der Waals surface area contributed by atoms with Gasteiger partial charge in [-0.15, -0.1) is 0 Å². The molecule has 1 aliphatic rings. The van der Waals surface area contributed by atoms with Crippen LogP contribution >= 0.6 is 0 Å². The molecule has 0 amide bonds. The van der Waals surface area contributed by atoms with Crippen molar-refractivity contribution in [3.63, 3.8) is 0 Å². The molecule has 0 spiro atoms. The van der Waals surface area contributed by atoms with Crippen molar-refractivity contribution in [2.24, 2.45) is 0 Å². The van der Waals surface area contributed by atoms with E-state index in [9.17, 15) is 10.1 Å². The Labute approximate surface area is 141 Å². The van der Waals surface area contributed by atoms with Gasteiger partial charge in [-0.2, -0.15) is 10.4 Å². The lowest BCUT2D eigenvalue weighted by Crippen LogP contribution is -2.34. The molecule has 126 valence electrons. The van der Waals surface area contributed by atoms with Crippen molar-refractivity contribution in [3.05, 3.63) is 45.6 Å². The first-order valence-electron chi connectivity index (χ1n) is 8.23. The summed E-state index contributed by atoms with van der Waals surface area (Å²) in [6.07, 6.45) is 1.74. The van der Waals surface area contributed by atoms with Crippen molar-refractivity contribution in [1.29, 1.82) is 5.26 Å². The van der Waals surface area contributed by atoms with Gasteiger partial charge in [-0.1, -0.05) is 20.8 Å². The molecular weight excluding hydrogens is 304 g/mol. The van der Waals surface area contributed by atoms with Crippen LogP contribution in [0.2, 0.25) is 0 Å². The second kappa shape index (κ2) is 6.16. The molecule has 0 unspecified atom stereocenters. The molecule has 6 heteroatoms. The third kappa shape index (κ3) is 3.21.